The van der Waals surface area contributed by atoms with Crippen molar-refractivity contribution >= 4 is 17.5 Å². The second-order valence-corrected chi connectivity index (χ2v) is 6.57. The van der Waals surface area contributed by atoms with Crippen molar-refractivity contribution < 1.29 is 14.5 Å². The average molecular weight is 346 g/mol. The predicted molar refractivity (Wildman–Crippen MR) is 91.3 cm³/mol. The van der Waals surface area contributed by atoms with Gasteiger partial charge < -0.3 is 15.1 Å². The van der Waals surface area contributed by atoms with Gasteiger partial charge in [0.25, 0.3) is 11.6 Å². The van der Waals surface area contributed by atoms with E-state index in [0.29, 0.717) is 37.3 Å². The smallest absolute Gasteiger partial charge is 0.273 e. The summed E-state index contributed by atoms with van der Waals surface area (Å²) in [7, 11) is 0. The van der Waals surface area contributed by atoms with Crippen LogP contribution in [0.15, 0.2) is 18.2 Å². The molecule has 0 aromatic heterocycles. The Kier molecular flexibility index (Phi) is 4.98. The lowest BCUT2D eigenvalue weighted by molar-refractivity contribution is -0.385. The van der Waals surface area contributed by atoms with Crippen LogP contribution in [-0.2, 0) is 4.79 Å². The Labute approximate surface area is 145 Å². The van der Waals surface area contributed by atoms with Crippen molar-refractivity contribution in [2.45, 2.75) is 25.8 Å². The van der Waals surface area contributed by atoms with E-state index in [1.807, 2.05) is 4.90 Å². The zero-order chi connectivity index (χ0) is 18.0. The summed E-state index contributed by atoms with van der Waals surface area (Å²) in [5.41, 5.74) is 0.811. The predicted octanol–water partition coefficient (Wildman–Crippen LogP) is 0.940. The maximum Gasteiger partial charge on any atom is 0.273 e. The van der Waals surface area contributed by atoms with Gasteiger partial charge in [-0.25, -0.2) is 0 Å². The SMILES string of the molecule is Cc1ccc(C(=O)N2CCCC(N3CCNCC3=O)C2)cc1[N+](=O)[O-]. The number of benzene rings is 1. The Morgan fingerprint density at radius 2 is 2.16 bits per heavy atom. The molecule has 1 atom stereocenters. The third-order valence-electron chi connectivity index (χ3n) is 4.90. The number of hydrogen-bond acceptors (Lipinski definition) is 5. The number of carbonyl (C=O) groups excluding carboxylic acids is 2. The highest BCUT2D eigenvalue weighted by atomic mass is 16.6. The topological polar surface area (TPSA) is 95.8 Å². The Balaban J connectivity index is 1.75. The summed E-state index contributed by atoms with van der Waals surface area (Å²) in [4.78, 5) is 39.1. The molecule has 2 amide bonds. The zero-order valence-electron chi connectivity index (χ0n) is 14.2. The minimum absolute atomic E-state index is 0.0211. The zero-order valence-corrected chi connectivity index (χ0v) is 14.2. The van der Waals surface area contributed by atoms with Crippen molar-refractivity contribution in [2.75, 3.05) is 32.7 Å². The molecule has 1 aromatic rings. The molecule has 2 fully saturated rings. The van der Waals surface area contributed by atoms with Crippen LogP contribution in [0.2, 0.25) is 0 Å². The number of hydrogen-bond donors (Lipinski definition) is 1. The first-order chi connectivity index (χ1) is 12.0. The van der Waals surface area contributed by atoms with Crippen LogP contribution in [0.5, 0.6) is 0 Å². The number of amides is 2. The van der Waals surface area contributed by atoms with Crippen LogP contribution in [0, 0.1) is 17.0 Å². The summed E-state index contributed by atoms with van der Waals surface area (Å²) in [6.45, 7) is 4.50. The molecule has 0 saturated carbocycles. The summed E-state index contributed by atoms with van der Waals surface area (Å²) in [5.74, 6) is -0.146. The van der Waals surface area contributed by atoms with Crippen LogP contribution in [0.3, 0.4) is 0 Å². The summed E-state index contributed by atoms with van der Waals surface area (Å²) in [6.07, 6.45) is 1.70. The fraction of sp³-hybridized carbons (Fsp3) is 0.529. The van der Waals surface area contributed by atoms with E-state index >= 15 is 0 Å². The summed E-state index contributed by atoms with van der Waals surface area (Å²) in [5, 5.41) is 14.1. The fourth-order valence-corrected chi connectivity index (χ4v) is 3.52. The maximum atomic E-state index is 12.8. The van der Waals surface area contributed by atoms with Crippen LogP contribution in [0.25, 0.3) is 0 Å². The normalized spacial score (nSPS) is 21.3. The number of aryl methyl sites for hydroxylation is 1. The van der Waals surface area contributed by atoms with E-state index in [2.05, 4.69) is 5.32 Å². The van der Waals surface area contributed by atoms with Crippen molar-refractivity contribution in [1.29, 1.82) is 0 Å². The molecule has 2 aliphatic heterocycles. The van der Waals surface area contributed by atoms with E-state index in [0.717, 1.165) is 19.4 Å². The Bertz CT molecular complexity index is 706. The van der Waals surface area contributed by atoms with E-state index in [1.54, 1.807) is 24.0 Å². The first-order valence-electron chi connectivity index (χ1n) is 8.52. The van der Waals surface area contributed by atoms with Crippen LogP contribution >= 0.6 is 0 Å². The van der Waals surface area contributed by atoms with E-state index in [9.17, 15) is 19.7 Å². The molecule has 0 radical (unpaired) electrons. The standard InChI is InChI=1S/C17H22N4O4/c1-12-4-5-13(9-15(12)21(24)25)17(23)19-7-2-3-14(11-19)20-8-6-18-10-16(20)22/h4-5,9,14,18H,2-3,6-8,10-11H2,1H3. The number of rotatable bonds is 3. The largest absolute Gasteiger partial charge is 0.337 e. The van der Waals surface area contributed by atoms with Crippen molar-refractivity contribution in [3.8, 4) is 0 Å². The van der Waals surface area contributed by atoms with Crippen LogP contribution in [0.4, 0.5) is 5.69 Å². The van der Waals surface area contributed by atoms with Gasteiger partial charge in [-0.3, -0.25) is 19.7 Å². The molecular weight excluding hydrogens is 324 g/mol. The Morgan fingerprint density at radius 1 is 1.36 bits per heavy atom. The minimum Gasteiger partial charge on any atom is -0.337 e. The van der Waals surface area contributed by atoms with E-state index < -0.39 is 4.92 Å². The van der Waals surface area contributed by atoms with Gasteiger partial charge in [-0.05, 0) is 25.8 Å². The Morgan fingerprint density at radius 3 is 2.88 bits per heavy atom. The van der Waals surface area contributed by atoms with Crippen molar-refractivity contribution in [3.63, 3.8) is 0 Å². The molecule has 1 aromatic carbocycles. The number of likely N-dealkylation sites (tertiary alicyclic amines) is 1. The summed E-state index contributed by atoms with van der Waals surface area (Å²) in [6, 6.07) is 4.60. The highest BCUT2D eigenvalue weighted by Gasteiger charge is 2.32. The summed E-state index contributed by atoms with van der Waals surface area (Å²) >= 11 is 0. The van der Waals surface area contributed by atoms with Crippen LogP contribution < -0.4 is 5.32 Å². The van der Waals surface area contributed by atoms with Gasteiger partial charge in [0.05, 0.1) is 11.5 Å². The van der Waals surface area contributed by atoms with Gasteiger partial charge in [0.2, 0.25) is 5.91 Å². The molecule has 1 unspecified atom stereocenters. The van der Waals surface area contributed by atoms with Crippen molar-refractivity contribution in [3.05, 3.63) is 39.4 Å². The average Bonchev–Trinajstić information content (AvgIpc) is 2.62. The molecular formula is C17H22N4O4. The lowest BCUT2D eigenvalue weighted by atomic mass is 10.0. The Hall–Kier alpha value is -2.48. The molecule has 8 heteroatoms. The third-order valence-corrected chi connectivity index (χ3v) is 4.90. The van der Waals surface area contributed by atoms with Gasteiger partial charge in [0, 0.05) is 49.4 Å². The van der Waals surface area contributed by atoms with E-state index in [1.165, 1.54) is 6.07 Å². The third kappa shape index (κ3) is 3.63. The second kappa shape index (κ2) is 7.18. The second-order valence-electron chi connectivity index (χ2n) is 6.57. The molecule has 134 valence electrons. The first kappa shape index (κ1) is 17.3. The van der Waals surface area contributed by atoms with Gasteiger partial charge in [-0.15, -0.1) is 0 Å². The monoisotopic (exact) mass is 346 g/mol. The van der Waals surface area contributed by atoms with E-state index in [-0.39, 0.29) is 23.5 Å². The number of nitrogens with zero attached hydrogens (tertiary/aromatic N) is 3. The quantitative estimate of drug-likeness (QED) is 0.649. The minimum atomic E-state index is -0.468. The lowest BCUT2D eigenvalue weighted by Crippen LogP contribution is -2.57. The highest BCUT2D eigenvalue weighted by Crippen LogP contribution is 2.23. The van der Waals surface area contributed by atoms with Crippen LogP contribution in [0.1, 0.15) is 28.8 Å². The maximum absolute atomic E-state index is 12.8. The molecule has 8 nitrogen and oxygen atoms in total. The number of nitrogens with one attached hydrogen (secondary N) is 1. The molecule has 0 spiro atoms. The molecule has 1 N–H and O–H groups in total. The molecule has 0 bridgehead atoms. The van der Waals surface area contributed by atoms with Crippen molar-refractivity contribution in [2.24, 2.45) is 0 Å². The van der Waals surface area contributed by atoms with Crippen molar-refractivity contribution in [1.82, 2.24) is 15.1 Å². The first-order valence-corrected chi connectivity index (χ1v) is 8.52. The van der Waals surface area contributed by atoms with Crippen LogP contribution in [-0.4, -0.2) is 65.3 Å². The number of piperazine rings is 1. The van der Waals surface area contributed by atoms with E-state index in [4.69, 9.17) is 0 Å². The molecule has 2 saturated heterocycles. The highest BCUT2D eigenvalue weighted by molar-refractivity contribution is 5.95. The number of nitro groups is 1. The molecule has 25 heavy (non-hydrogen) atoms. The van der Waals surface area contributed by atoms with Gasteiger partial charge in [0.15, 0.2) is 0 Å². The molecule has 3 rings (SSSR count). The molecule has 2 heterocycles. The summed E-state index contributed by atoms with van der Waals surface area (Å²) < 4.78 is 0. The van der Waals surface area contributed by atoms with Gasteiger partial charge in [-0.1, -0.05) is 6.07 Å². The number of piperidine rings is 1. The fourth-order valence-electron chi connectivity index (χ4n) is 3.52. The van der Waals surface area contributed by atoms with Gasteiger partial charge in [-0.2, -0.15) is 0 Å². The number of nitro benzene ring substituents is 1. The molecule has 0 aliphatic carbocycles. The van der Waals surface area contributed by atoms with Gasteiger partial charge >= 0.3 is 0 Å². The van der Waals surface area contributed by atoms with Gasteiger partial charge in [0.1, 0.15) is 0 Å². The molecule has 2 aliphatic rings. The number of carbonyl (C=O) groups is 2. The lowest BCUT2D eigenvalue weighted by Gasteiger charge is -2.41.